The van der Waals surface area contributed by atoms with Crippen molar-refractivity contribution in [1.82, 2.24) is 9.73 Å². The second-order valence-electron chi connectivity index (χ2n) is 7.56. The molecule has 2 aliphatic heterocycles. The number of benzene rings is 2. The minimum atomic E-state index is -1.40. The Morgan fingerprint density at radius 1 is 1.21 bits per heavy atom. The van der Waals surface area contributed by atoms with Crippen molar-refractivity contribution < 1.29 is 8.95 Å². The molecule has 0 radical (unpaired) electrons. The van der Waals surface area contributed by atoms with Gasteiger partial charge in [-0.25, -0.2) is 9.04 Å². The highest BCUT2D eigenvalue weighted by Crippen LogP contribution is 2.31. The third-order valence-electron chi connectivity index (χ3n) is 5.55. The second kappa shape index (κ2) is 8.05. The van der Waals surface area contributed by atoms with Crippen molar-refractivity contribution in [2.45, 2.75) is 50.6 Å². The zero-order valence-corrected chi connectivity index (χ0v) is 17.5. The van der Waals surface area contributed by atoms with Gasteiger partial charge in [-0.3, -0.25) is 0 Å². The number of aryl methyl sites for hydroxylation is 2. The molecular formula is C22H27N3O2S. The Hall–Kier alpha value is -2.18. The first-order valence-corrected chi connectivity index (χ1v) is 11.0. The molecule has 3 unspecified atom stereocenters. The molecule has 0 saturated carbocycles. The normalized spacial score (nSPS) is 23.8. The summed E-state index contributed by atoms with van der Waals surface area (Å²) in [5, 5.41) is 4.70. The van der Waals surface area contributed by atoms with Crippen molar-refractivity contribution in [3.63, 3.8) is 0 Å². The molecule has 4 rings (SSSR count). The van der Waals surface area contributed by atoms with Gasteiger partial charge in [0.2, 0.25) is 0 Å². The summed E-state index contributed by atoms with van der Waals surface area (Å²) in [4.78, 5) is 5.99. The fraction of sp³-hybridized carbons (Fsp3) is 0.409. The van der Waals surface area contributed by atoms with Crippen LogP contribution in [0.15, 0.2) is 52.5 Å². The molecule has 2 heterocycles. The van der Waals surface area contributed by atoms with E-state index in [1.807, 2.05) is 31.2 Å². The molecule has 1 N–H and O–H groups in total. The van der Waals surface area contributed by atoms with Crippen LogP contribution in [0.4, 0.5) is 0 Å². The van der Waals surface area contributed by atoms with E-state index in [9.17, 15) is 4.21 Å². The predicted octanol–water partition coefficient (Wildman–Crippen LogP) is 3.18. The molecule has 1 saturated heterocycles. The topological polar surface area (TPSA) is 53.9 Å². The van der Waals surface area contributed by atoms with E-state index in [4.69, 9.17) is 9.84 Å². The van der Waals surface area contributed by atoms with Gasteiger partial charge in [0.05, 0.1) is 30.2 Å². The molecule has 2 aromatic carbocycles. The zero-order chi connectivity index (χ0) is 19.7. The number of hydrogen-bond donors (Lipinski definition) is 1. The largest absolute Gasteiger partial charge is 0.377 e. The lowest BCUT2D eigenvalue weighted by Gasteiger charge is -2.46. The molecule has 148 valence electrons. The Bertz CT molecular complexity index is 910. The number of hydrogen-bond acceptors (Lipinski definition) is 3. The predicted molar refractivity (Wildman–Crippen MR) is 113 cm³/mol. The highest BCUT2D eigenvalue weighted by molar-refractivity contribution is 7.83. The zero-order valence-electron chi connectivity index (χ0n) is 16.6. The third kappa shape index (κ3) is 3.59. The van der Waals surface area contributed by atoms with E-state index in [-0.39, 0.29) is 12.1 Å². The van der Waals surface area contributed by atoms with Crippen LogP contribution in [0.3, 0.4) is 0 Å². The van der Waals surface area contributed by atoms with E-state index in [1.165, 1.54) is 16.7 Å². The minimum absolute atomic E-state index is 0.227. The maximum Gasteiger partial charge on any atom is 0.166 e. The van der Waals surface area contributed by atoms with Gasteiger partial charge in [-0.05, 0) is 49.9 Å². The maximum absolute atomic E-state index is 12.8. The number of ether oxygens (including phenoxy) is 1. The van der Waals surface area contributed by atoms with Gasteiger partial charge < -0.3 is 9.64 Å². The summed E-state index contributed by atoms with van der Waals surface area (Å²) in [7, 11) is -1.40. The maximum atomic E-state index is 12.8. The molecule has 0 bridgehead atoms. The smallest absolute Gasteiger partial charge is 0.166 e. The summed E-state index contributed by atoms with van der Waals surface area (Å²) in [6, 6.07) is 14.6. The summed E-state index contributed by atoms with van der Waals surface area (Å²) < 4.78 is 18.6. The van der Waals surface area contributed by atoms with E-state index in [2.05, 4.69) is 41.8 Å². The van der Waals surface area contributed by atoms with Gasteiger partial charge >= 0.3 is 0 Å². The van der Waals surface area contributed by atoms with Crippen LogP contribution >= 0.6 is 0 Å². The average Bonchev–Trinajstić information content (AvgIpc) is 2.71. The molecule has 0 spiro atoms. The number of fused-ring (bicyclic) bond motifs is 2. The Morgan fingerprint density at radius 2 is 2.00 bits per heavy atom. The number of nitrogens with zero attached hydrogens (tertiary/aromatic N) is 2. The molecule has 3 atom stereocenters. The minimum Gasteiger partial charge on any atom is -0.377 e. The van der Waals surface area contributed by atoms with E-state index in [0.717, 1.165) is 29.1 Å². The molecule has 1 fully saturated rings. The molecule has 0 aliphatic carbocycles. The van der Waals surface area contributed by atoms with Gasteiger partial charge in [-0.2, -0.15) is 0 Å². The quantitative estimate of drug-likeness (QED) is 0.807. The highest BCUT2D eigenvalue weighted by Gasteiger charge is 2.37. The van der Waals surface area contributed by atoms with Crippen LogP contribution in [-0.4, -0.2) is 40.2 Å². The monoisotopic (exact) mass is 397 g/mol. The van der Waals surface area contributed by atoms with Crippen LogP contribution in [0.5, 0.6) is 0 Å². The molecule has 2 aliphatic rings. The molecular weight excluding hydrogens is 370 g/mol. The lowest BCUT2D eigenvalue weighted by atomic mass is 9.87. The van der Waals surface area contributed by atoms with Gasteiger partial charge in [0.1, 0.15) is 0 Å². The van der Waals surface area contributed by atoms with Crippen molar-refractivity contribution in [2.24, 2.45) is 5.10 Å². The van der Waals surface area contributed by atoms with Crippen LogP contribution in [-0.2, 0) is 28.6 Å². The second-order valence-corrected chi connectivity index (χ2v) is 8.76. The van der Waals surface area contributed by atoms with Gasteiger partial charge in [0, 0.05) is 5.56 Å². The number of rotatable bonds is 4. The Balaban J connectivity index is 1.72. The lowest BCUT2D eigenvalue weighted by Crippen LogP contribution is -2.57. The molecule has 5 nitrogen and oxygen atoms in total. The number of nitrogens with one attached hydrogen (secondary N) is 1. The summed E-state index contributed by atoms with van der Waals surface area (Å²) in [5.74, 6) is 0.889. The van der Waals surface area contributed by atoms with Crippen LogP contribution in [0.25, 0.3) is 0 Å². The van der Waals surface area contributed by atoms with Crippen molar-refractivity contribution in [3.05, 3.63) is 64.7 Å². The molecule has 0 aromatic heterocycles. The fourth-order valence-corrected chi connectivity index (χ4v) is 4.79. The van der Waals surface area contributed by atoms with Crippen LogP contribution in [0.1, 0.15) is 36.1 Å². The summed E-state index contributed by atoms with van der Waals surface area (Å²) in [6.07, 6.45) is 1.89. The van der Waals surface area contributed by atoms with Crippen molar-refractivity contribution in [1.29, 1.82) is 0 Å². The number of morpholine rings is 1. The summed E-state index contributed by atoms with van der Waals surface area (Å²) in [6.45, 7) is 7.73. The SMILES string of the molecule is CCc1cccc2c1/C(=N/NS(=O)c1ccc(C)cc1)N1C(C)COCC1C2. The summed E-state index contributed by atoms with van der Waals surface area (Å²) in [5.41, 5.74) is 4.89. The Labute approximate surface area is 169 Å². The molecule has 6 heteroatoms. The van der Waals surface area contributed by atoms with Gasteiger partial charge in [0.15, 0.2) is 16.8 Å². The van der Waals surface area contributed by atoms with Gasteiger partial charge in [0.25, 0.3) is 0 Å². The molecule has 2 aromatic rings. The van der Waals surface area contributed by atoms with Crippen molar-refractivity contribution in [3.8, 4) is 0 Å². The Kier molecular flexibility index (Phi) is 5.51. The van der Waals surface area contributed by atoms with Crippen LogP contribution in [0.2, 0.25) is 0 Å². The standard InChI is InChI=1S/C22H27N3O2S/c1-4-17-6-5-7-18-12-19-14-27-13-16(3)25(19)22(21(17)18)23-24-28(26)20-10-8-15(2)9-11-20/h5-11,16,19,24H,4,12-14H2,1-3H3/b23-22-. The van der Waals surface area contributed by atoms with E-state index in [0.29, 0.717) is 13.2 Å². The Morgan fingerprint density at radius 3 is 2.75 bits per heavy atom. The van der Waals surface area contributed by atoms with E-state index < -0.39 is 11.0 Å². The lowest BCUT2D eigenvalue weighted by molar-refractivity contribution is -0.00874. The van der Waals surface area contributed by atoms with Crippen molar-refractivity contribution in [2.75, 3.05) is 13.2 Å². The first kappa shape index (κ1) is 19.2. The van der Waals surface area contributed by atoms with Crippen LogP contribution < -0.4 is 4.83 Å². The first-order valence-electron chi connectivity index (χ1n) is 9.87. The average molecular weight is 398 g/mol. The highest BCUT2D eigenvalue weighted by atomic mass is 32.2. The van der Waals surface area contributed by atoms with Crippen LogP contribution in [0, 0.1) is 6.92 Å². The van der Waals surface area contributed by atoms with Gasteiger partial charge in [-0.1, -0.05) is 42.8 Å². The molecule has 28 heavy (non-hydrogen) atoms. The van der Waals surface area contributed by atoms with E-state index >= 15 is 0 Å². The summed E-state index contributed by atoms with van der Waals surface area (Å²) >= 11 is 0. The fourth-order valence-electron chi connectivity index (χ4n) is 4.14. The van der Waals surface area contributed by atoms with E-state index in [1.54, 1.807) is 0 Å². The number of amidine groups is 1. The first-order chi connectivity index (χ1) is 13.6. The third-order valence-corrected chi connectivity index (χ3v) is 6.51. The van der Waals surface area contributed by atoms with Crippen molar-refractivity contribution >= 4 is 16.8 Å². The molecule has 0 amide bonds. The van der Waals surface area contributed by atoms with Gasteiger partial charge in [-0.15, -0.1) is 5.10 Å². The number of hydrazone groups is 1.